The maximum atomic E-state index is 10.8. The number of carboxylic acids is 1. The molecule has 1 heterocycles. The summed E-state index contributed by atoms with van der Waals surface area (Å²) in [6, 6.07) is 7.54. The van der Waals surface area contributed by atoms with Gasteiger partial charge in [0.25, 0.3) is 0 Å². The van der Waals surface area contributed by atoms with Gasteiger partial charge in [-0.25, -0.2) is 9.48 Å². The minimum absolute atomic E-state index is 0.134. The molecule has 0 bridgehead atoms. The van der Waals surface area contributed by atoms with E-state index in [1.54, 1.807) is 0 Å². The van der Waals surface area contributed by atoms with Crippen molar-refractivity contribution in [3.63, 3.8) is 0 Å². The minimum Gasteiger partial charge on any atom is -0.476 e. The van der Waals surface area contributed by atoms with Crippen molar-refractivity contribution in [2.75, 3.05) is 0 Å². The van der Waals surface area contributed by atoms with Gasteiger partial charge >= 0.3 is 5.97 Å². The van der Waals surface area contributed by atoms with Gasteiger partial charge in [-0.3, -0.25) is 0 Å². The number of aromatic nitrogens is 2. The molecule has 4 nitrogen and oxygen atoms in total. The fraction of sp³-hybridized carbons (Fsp3) is 0.0909. The van der Waals surface area contributed by atoms with Gasteiger partial charge in [-0.2, -0.15) is 5.10 Å². The van der Waals surface area contributed by atoms with E-state index in [9.17, 15) is 4.79 Å². The Hall–Kier alpha value is -1.81. The normalized spacial score (nSPS) is 10.4. The van der Waals surface area contributed by atoms with Crippen LogP contribution in [-0.4, -0.2) is 20.9 Å². The van der Waals surface area contributed by atoms with E-state index >= 15 is 0 Å². The summed E-state index contributed by atoms with van der Waals surface area (Å²) in [5, 5.41) is 12.9. The highest BCUT2D eigenvalue weighted by Crippen LogP contribution is 2.19. The van der Waals surface area contributed by atoms with Gasteiger partial charge < -0.3 is 5.11 Å². The largest absolute Gasteiger partial charge is 0.476 e. The van der Waals surface area contributed by atoms with Gasteiger partial charge in [-0.15, -0.1) is 0 Å². The molecule has 1 N–H and O–H groups in total. The van der Waals surface area contributed by atoms with Crippen LogP contribution in [0.5, 0.6) is 0 Å². The van der Waals surface area contributed by atoms with Gasteiger partial charge in [0, 0.05) is 0 Å². The van der Waals surface area contributed by atoms with Crippen LogP contribution in [0, 0.1) is 6.92 Å². The highest BCUT2D eigenvalue weighted by Gasteiger charge is 2.15. The van der Waals surface area contributed by atoms with Crippen LogP contribution in [0.2, 0.25) is 5.02 Å². The summed E-state index contributed by atoms with van der Waals surface area (Å²) in [5.74, 6) is -1.13. The summed E-state index contributed by atoms with van der Waals surface area (Å²) in [7, 11) is 0. The van der Waals surface area contributed by atoms with E-state index in [0.29, 0.717) is 0 Å². The summed E-state index contributed by atoms with van der Waals surface area (Å²) in [6.45, 7) is 1.92. The molecule has 0 amide bonds. The van der Waals surface area contributed by atoms with Crippen molar-refractivity contribution in [1.82, 2.24) is 9.78 Å². The summed E-state index contributed by atoms with van der Waals surface area (Å²) in [6.07, 6.45) is 1.49. The Labute approximate surface area is 97.1 Å². The maximum Gasteiger partial charge on any atom is 0.357 e. The summed E-state index contributed by atoms with van der Waals surface area (Å²) < 4.78 is 1.47. The fourth-order valence-electron chi connectivity index (χ4n) is 1.44. The molecule has 0 aliphatic carbocycles. The second-order valence-corrected chi connectivity index (χ2v) is 3.77. The van der Waals surface area contributed by atoms with E-state index in [1.807, 2.05) is 31.2 Å². The van der Waals surface area contributed by atoms with E-state index in [-0.39, 0.29) is 10.7 Å². The molecule has 0 fully saturated rings. The molecule has 82 valence electrons. The van der Waals surface area contributed by atoms with E-state index in [4.69, 9.17) is 16.7 Å². The Balaban J connectivity index is 2.54. The summed E-state index contributed by atoms with van der Waals surface area (Å²) >= 11 is 5.78. The molecular weight excluding hydrogens is 228 g/mol. The molecule has 2 rings (SSSR count). The average Bonchev–Trinajstić information content (AvgIpc) is 2.61. The smallest absolute Gasteiger partial charge is 0.357 e. The topological polar surface area (TPSA) is 55.1 Å². The first-order valence-corrected chi connectivity index (χ1v) is 5.02. The molecule has 1 aromatic heterocycles. The van der Waals surface area contributed by atoms with Crippen molar-refractivity contribution in [3.8, 4) is 5.69 Å². The van der Waals surface area contributed by atoms with Crippen LogP contribution >= 0.6 is 11.6 Å². The number of nitrogens with zero attached hydrogens (tertiary/aromatic N) is 2. The standard InChI is InChI=1S/C11H9ClN2O2/c1-7-4-2-3-5-9(7)14-6-8(12)10(13-14)11(15)16/h2-6H,1H3,(H,15,16). The van der Waals surface area contributed by atoms with E-state index in [0.717, 1.165) is 11.3 Å². The van der Waals surface area contributed by atoms with Gasteiger partial charge in [-0.1, -0.05) is 29.8 Å². The maximum absolute atomic E-state index is 10.8. The number of aromatic carboxylic acids is 1. The lowest BCUT2D eigenvalue weighted by Crippen LogP contribution is -2.02. The van der Waals surface area contributed by atoms with Gasteiger partial charge in [0.15, 0.2) is 5.69 Å². The zero-order valence-corrected chi connectivity index (χ0v) is 9.27. The second kappa shape index (κ2) is 3.98. The van der Waals surface area contributed by atoms with Gasteiger partial charge in [-0.05, 0) is 18.6 Å². The molecule has 1 aromatic carbocycles. The van der Waals surface area contributed by atoms with Crippen molar-refractivity contribution in [2.45, 2.75) is 6.92 Å². The van der Waals surface area contributed by atoms with Crippen molar-refractivity contribution >= 4 is 17.6 Å². The lowest BCUT2D eigenvalue weighted by molar-refractivity contribution is 0.0690. The molecule has 5 heteroatoms. The Bertz CT molecular complexity index is 549. The number of carbonyl (C=O) groups is 1. The molecule has 0 saturated carbocycles. The van der Waals surface area contributed by atoms with Crippen LogP contribution in [0.15, 0.2) is 30.5 Å². The molecule has 2 aromatic rings. The molecule has 0 atom stereocenters. The zero-order chi connectivity index (χ0) is 11.7. The minimum atomic E-state index is -1.13. The van der Waals surface area contributed by atoms with Crippen LogP contribution in [0.25, 0.3) is 5.69 Å². The molecule has 0 spiro atoms. The first-order chi connectivity index (χ1) is 7.59. The third-order valence-corrected chi connectivity index (χ3v) is 2.51. The first kappa shape index (κ1) is 10.7. The Kier molecular flexibility index (Phi) is 2.66. The lowest BCUT2D eigenvalue weighted by Gasteiger charge is -2.03. The number of benzene rings is 1. The third-order valence-electron chi connectivity index (χ3n) is 2.23. The number of rotatable bonds is 2. The average molecular weight is 237 g/mol. The molecule has 0 saturated heterocycles. The SMILES string of the molecule is Cc1ccccc1-n1cc(Cl)c(C(=O)O)n1. The fourth-order valence-corrected chi connectivity index (χ4v) is 1.65. The number of para-hydroxylation sites is 1. The lowest BCUT2D eigenvalue weighted by atomic mass is 10.2. The predicted octanol–water partition coefficient (Wildman–Crippen LogP) is 2.53. The molecule has 0 aliphatic heterocycles. The summed E-state index contributed by atoms with van der Waals surface area (Å²) in [5.41, 5.74) is 1.68. The Morgan fingerprint density at radius 1 is 1.44 bits per heavy atom. The second-order valence-electron chi connectivity index (χ2n) is 3.36. The van der Waals surface area contributed by atoms with Crippen LogP contribution in [0.1, 0.15) is 16.1 Å². The van der Waals surface area contributed by atoms with Gasteiger partial charge in [0.2, 0.25) is 0 Å². The zero-order valence-electron chi connectivity index (χ0n) is 8.51. The summed E-state index contributed by atoms with van der Waals surface area (Å²) in [4.78, 5) is 10.8. The quantitative estimate of drug-likeness (QED) is 0.872. The highest BCUT2D eigenvalue weighted by atomic mass is 35.5. The number of aryl methyl sites for hydroxylation is 1. The predicted molar refractivity (Wildman–Crippen MR) is 60.3 cm³/mol. The highest BCUT2D eigenvalue weighted by molar-refractivity contribution is 6.33. The van der Waals surface area contributed by atoms with E-state index in [2.05, 4.69) is 5.10 Å². The number of halogens is 1. The molecule has 16 heavy (non-hydrogen) atoms. The van der Waals surface area contributed by atoms with E-state index < -0.39 is 5.97 Å². The molecular formula is C11H9ClN2O2. The van der Waals surface area contributed by atoms with E-state index in [1.165, 1.54) is 10.9 Å². The number of hydrogen-bond donors (Lipinski definition) is 1. The number of hydrogen-bond acceptors (Lipinski definition) is 2. The Morgan fingerprint density at radius 2 is 2.12 bits per heavy atom. The van der Waals surface area contributed by atoms with Crippen molar-refractivity contribution < 1.29 is 9.90 Å². The molecule has 0 radical (unpaired) electrons. The van der Waals surface area contributed by atoms with Gasteiger partial charge in [0.05, 0.1) is 16.9 Å². The van der Waals surface area contributed by atoms with Crippen molar-refractivity contribution in [1.29, 1.82) is 0 Å². The van der Waals surface area contributed by atoms with Crippen molar-refractivity contribution in [3.05, 3.63) is 46.7 Å². The molecule has 0 unspecified atom stereocenters. The monoisotopic (exact) mass is 236 g/mol. The van der Waals surface area contributed by atoms with Crippen LogP contribution in [0.3, 0.4) is 0 Å². The third kappa shape index (κ3) is 1.79. The first-order valence-electron chi connectivity index (χ1n) is 4.64. The van der Waals surface area contributed by atoms with Crippen molar-refractivity contribution in [2.24, 2.45) is 0 Å². The van der Waals surface area contributed by atoms with Gasteiger partial charge in [0.1, 0.15) is 0 Å². The number of carboxylic acid groups (broad SMARTS) is 1. The van der Waals surface area contributed by atoms with Crippen LogP contribution < -0.4 is 0 Å². The van der Waals surface area contributed by atoms with Crippen LogP contribution in [0.4, 0.5) is 0 Å². The molecule has 0 aliphatic rings. The Morgan fingerprint density at radius 3 is 2.69 bits per heavy atom. The van der Waals surface area contributed by atoms with Crippen LogP contribution in [-0.2, 0) is 0 Å².